The van der Waals surface area contributed by atoms with Gasteiger partial charge in [0.25, 0.3) is 0 Å². The minimum absolute atomic E-state index is 0.428. The van der Waals surface area contributed by atoms with Crippen molar-refractivity contribution in [3.8, 4) is 0 Å². The van der Waals surface area contributed by atoms with E-state index in [4.69, 9.17) is 0 Å². The SMILES string of the molecule is CC1CCCN1c1ccc(C(F)(F)F)cc1. The third-order valence-corrected chi connectivity index (χ3v) is 3.08. The second-order valence-corrected chi connectivity index (χ2v) is 4.23. The number of hydrogen-bond donors (Lipinski definition) is 0. The number of halogens is 3. The first-order valence-electron chi connectivity index (χ1n) is 5.42. The first kappa shape index (κ1) is 11.3. The minimum atomic E-state index is -4.24. The molecule has 1 fully saturated rings. The van der Waals surface area contributed by atoms with Gasteiger partial charge in [-0.1, -0.05) is 0 Å². The number of hydrogen-bond acceptors (Lipinski definition) is 1. The first-order valence-corrected chi connectivity index (χ1v) is 5.42. The zero-order chi connectivity index (χ0) is 11.8. The van der Waals surface area contributed by atoms with Crippen LogP contribution in [-0.2, 0) is 6.18 Å². The van der Waals surface area contributed by atoms with Gasteiger partial charge in [0.05, 0.1) is 5.56 Å². The summed E-state index contributed by atoms with van der Waals surface area (Å²) in [6, 6.07) is 5.85. The Labute approximate surface area is 92.9 Å². The van der Waals surface area contributed by atoms with Crippen LogP contribution in [0.5, 0.6) is 0 Å². The maximum Gasteiger partial charge on any atom is 0.416 e. The van der Waals surface area contributed by atoms with Crippen molar-refractivity contribution in [3.63, 3.8) is 0 Å². The van der Waals surface area contributed by atoms with Crippen molar-refractivity contribution in [2.75, 3.05) is 11.4 Å². The molecule has 88 valence electrons. The molecule has 0 aliphatic carbocycles. The summed E-state index contributed by atoms with van der Waals surface area (Å²) in [7, 11) is 0. The Morgan fingerprint density at radius 2 is 1.81 bits per heavy atom. The highest BCUT2D eigenvalue weighted by Gasteiger charge is 2.30. The summed E-state index contributed by atoms with van der Waals surface area (Å²) >= 11 is 0. The molecule has 1 atom stereocenters. The highest BCUT2D eigenvalue weighted by atomic mass is 19.4. The van der Waals surface area contributed by atoms with Crippen LogP contribution in [0.4, 0.5) is 18.9 Å². The summed E-state index contributed by atoms with van der Waals surface area (Å²) in [6.45, 7) is 3.04. The van der Waals surface area contributed by atoms with Crippen LogP contribution in [0.3, 0.4) is 0 Å². The van der Waals surface area contributed by atoms with Crippen LogP contribution in [0.2, 0.25) is 0 Å². The molecular weight excluding hydrogens is 215 g/mol. The Balaban J connectivity index is 2.19. The monoisotopic (exact) mass is 229 g/mol. The predicted molar refractivity (Wildman–Crippen MR) is 57.5 cm³/mol. The van der Waals surface area contributed by atoms with E-state index in [1.807, 2.05) is 0 Å². The molecule has 1 aromatic carbocycles. The largest absolute Gasteiger partial charge is 0.416 e. The van der Waals surface area contributed by atoms with Gasteiger partial charge in [0, 0.05) is 18.3 Å². The lowest BCUT2D eigenvalue weighted by atomic mass is 10.2. The van der Waals surface area contributed by atoms with Gasteiger partial charge in [-0.05, 0) is 44.0 Å². The van der Waals surface area contributed by atoms with Crippen LogP contribution < -0.4 is 4.90 Å². The van der Waals surface area contributed by atoms with Crippen LogP contribution in [0, 0.1) is 0 Å². The van der Waals surface area contributed by atoms with Crippen molar-refractivity contribution in [1.82, 2.24) is 0 Å². The molecule has 0 aromatic heterocycles. The maximum absolute atomic E-state index is 12.4. The molecule has 1 heterocycles. The Kier molecular flexibility index (Phi) is 2.82. The number of alkyl halides is 3. The molecule has 0 amide bonds. The summed E-state index contributed by atoms with van der Waals surface area (Å²) in [5.74, 6) is 0. The van der Waals surface area contributed by atoms with Crippen molar-refractivity contribution in [2.24, 2.45) is 0 Å². The van der Waals surface area contributed by atoms with Gasteiger partial charge >= 0.3 is 6.18 Å². The molecule has 1 aliphatic heterocycles. The molecule has 0 N–H and O–H groups in total. The van der Waals surface area contributed by atoms with Gasteiger partial charge < -0.3 is 4.90 Å². The molecule has 1 aliphatic rings. The van der Waals surface area contributed by atoms with Gasteiger partial charge in [-0.15, -0.1) is 0 Å². The summed E-state index contributed by atoms with van der Waals surface area (Å²) in [5.41, 5.74) is 0.307. The second kappa shape index (κ2) is 4.00. The van der Waals surface area contributed by atoms with E-state index in [1.165, 1.54) is 0 Å². The third kappa shape index (κ3) is 2.15. The molecule has 4 heteroatoms. The van der Waals surface area contributed by atoms with Crippen LogP contribution in [0.25, 0.3) is 0 Å². The van der Waals surface area contributed by atoms with Crippen molar-refractivity contribution >= 4 is 5.69 Å². The van der Waals surface area contributed by atoms with Gasteiger partial charge in [0.1, 0.15) is 0 Å². The molecule has 1 saturated heterocycles. The molecule has 0 saturated carbocycles. The van der Waals surface area contributed by atoms with Crippen molar-refractivity contribution in [2.45, 2.75) is 32.0 Å². The molecule has 2 rings (SSSR count). The van der Waals surface area contributed by atoms with E-state index >= 15 is 0 Å². The van der Waals surface area contributed by atoms with Crippen LogP contribution in [0.1, 0.15) is 25.3 Å². The maximum atomic E-state index is 12.4. The smallest absolute Gasteiger partial charge is 0.369 e. The Morgan fingerprint density at radius 3 is 2.25 bits per heavy atom. The van der Waals surface area contributed by atoms with E-state index in [1.54, 1.807) is 12.1 Å². The van der Waals surface area contributed by atoms with Gasteiger partial charge in [-0.3, -0.25) is 0 Å². The molecule has 0 radical (unpaired) electrons. The first-order chi connectivity index (χ1) is 7.48. The number of nitrogens with zero attached hydrogens (tertiary/aromatic N) is 1. The lowest BCUT2D eigenvalue weighted by molar-refractivity contribution is -0.137. The average Bonchev–Trinajstić information content (AvgIpc) is 2.63. The van der Waals surface area contributed by atoms with E-state index in [2.05, 4.69) is 11.8 Å². The van der Waals surface area contributed by atoms with Crippen molar-refractivity contribution in [1.29, 1.82) is 0 Å². The molecular formula is C12H14F3N. The van der Waals surface area contributed by atoms with E-state index < -0.39 is 11.7 Å². The topological polar surface area (TPSA) is 3.24 Å². The molecule has 0 spiro atoms. The third-order valence-electron chi connectivity index (χ3n) is 3.08. The Morgan fingerprint density at radius 1 is 1.19 bits per heavy atom. The molecule has 1 unspecified atom stereocenters. The quantitative estimate of drug-likeness (QED) is 0.709. The van der Waals surface area contributed by atoms with Crippen LogP contribution in [-0.4, -0.2) is 12.6 Å². The number of benzene rings is 1. The van der Waals surface area contributed by atoms with E-state index in [0.29, 0.717) is 6.04 Å². The van der Waals surface area contributed by atoms with Gasteiger partial charge in [-0.2, -0.15) is 13.2 Å². The Bertz CT molecular complexity index is 356. The summed E-state index contributed by atoms with van der Waals surface area (Å²) in [5, 5.41) is 0. The number of rotatable bonds is 1. The lowest BCUT2D eigenvalue weighted by Gasteiger charge is -2.24. The van der Waals surface area contributed by atoms with Gasteiger partial charge in [0.2, 0.25) is 0 Å². The molecule has 16 heavy (non-hydrogen) atoms. The average molecular weight is 229 g/mol. The van der Waals surface area contributed by atoms with Crippen LogP contribution in [0.15, 0.2) is 24.3 Å². The fourth-order valence-corrected chi connectivity index (χ4v) is 2.16. The fourth-order valence-electron chi connectivity index (χ4n) is 2.16. The zero-order valence-corrected chi connectivity index (χ0v) is 9.09. The fraction of sp³-hybridized carbons (Fsp3) is 0.500. The standard InChI is InChI=1S/C12H14F3N/c1-9-3-2-8-16(9)11-6-4-10(5-7-11)12(13,14)15/h4-7,9H,2-3,8H2,1H3. The van der Waals surface area contributed by atoms with Gasteiger partial charge in [0.15, 0.2) is 0 Å². The Hall–Kier alpha value is -1.19. The minimum Gasteiger partial charge on any atom is -0.369 e. The van der Waals surface area contributed by atoms with E-state index in [9.17, 15) is 13.2 Å². The highest BCUT2D eigenvalue weighted by molar-refractivity contribution is 5.49. The van der Waals surface area contributed by atoms with E-state index in [0.717, 1.165) is 37.2 Å². The number of anilines is 1. The van der Waals surface area contributed by atoms with E-state index in [-0.39, 0.29) is 0 Å². The normalized spacial score (nSPS) is 21.5. The molecule has 1 nitrogen and oxygen atoms in total. The van der Waals surface area contributed by atoms with Crippen molar-refractivity contribution in [3.05, 3.63) is 29.8 Å². The van der Waals surface area contributed by atoms with Crippen LogP contribution >= 0.6 is 0 Å². The van der Waals surface area contributed by atoms with Gasteiger partial charge in [-0.25, -0.2) is 0 Å². The lowest BCUT2D eigenvalue weighted by Crippen LogP contribution is -2.26. The highest BCUT2D eigenvalue weighted by Crippen LogP contribution is 2.32. The molecule has 0 bridgehead atoms. The summed E-state index contributed by atoms with van der Waals surface area (Å²) in [6.07, 6.45) is -2.02. The van der Waals surface area contributed by atoms with Crippen molar-refractivity contribution < 1.29 is 13.2 Å². The predicted octanol–water partition coefficient (Wildman–Crippen LogP) is 3.69. The molecule has 1 aromatic rings. The summed E-state index contributed by atoms with van der Waals surface area (Å²) in [4.78, 5) is 2.15. The summed E-state index contributed by atoms with van der Waals surface area (Å²) < 4.78 is 37.1. The second-order valence-electron chi connectivity index (χ2n) is 4.23. The zero-order valence-electron chi connectivity index (χ0n) is 9.09.